The first kappa shape index (κ1) is 25.8. The normalized spacial score (nSPS) is 16.8. The summed E-state index contributed by atoms with van der Waals surface area (Å²) in [6.45, 7) is 6.15. The maximum Gasteiger partial charge on any atom is 0.300 e. The van der Waals surface area contributed by atoms with E-state index in [1.807, 2.05) is 20.8 Å². The number of carbonyl (C=O) groups is 2. The molecule has 1 aliphatic heterocycles. The molecule has 7 nitrogen and oxygen atoms in total. The molecule has 1 unspecified atom stereocenters. The van der Waals surface area contributed by atoms with Crippen molar-refractivity contribution in [3.05, 3.63) is 89.2 Å². The van der Waals surface area contributed by atoms with Crippen LogP contribution in [0.1, 0.15) is 37.9 Å². The van der Waals surface area contributed by atoms with Crippen molar-refractivity contribution in [2.45, 2.75) is 32.9 Å². The topological polar surface area (TPSA) is 85.3 Å². The summed E-state index contributed by atoms with van der Waals surface area (Å²) in [7, 11) is 1.37. The Hall–Kier alpha value is -4.33. The first-order valence-corrected chi connectivity index (χ1v) is 11.9. The van der Waals surface area contributed by atoms with Gasteiger partial charge in [0, 0.05) is 5.69 Å². The number of Topliss-reactive ketones (excluding diaryl/α,β-unsaturated/α-hetero) is 1. The number of hydrogen-bond donors (Lipinski definition) is 1. The van der Waals surface area contributed by atoms with Crippen LogP contribution in [-0.4, -0.2) is 36.6 Å². The van der Waals surface area contributed by atoms with Crippen LogP contribution >= 0.6 is 0 Å². The van der Waals surface area contributed by atoms with Crippen molar-refractivity contribution >= 4 is 23.1 Å². The fourth-order valence-electron chi connectivity index (χ4n) is 4.30. The van der Waals surface area contributed by atoms with E-state index in [2.05, 4.69) is 0 Å². The molecule has 1 fully saturated rings. The molecule has 1 aliphatic rings. The van der Waals surface area contributed by atoms with Crippen molar-refractivity contribution in [2.75, 3.05) is 18.6 Å². The number of aliphatic hydroxyl groups is 1. The summed E-state index contributed by atoms with van der Waals surface area (Å²) in [6.07, 6.45) is -0.0409. The second-order valence-corrected chi connectivity index (χ2v) is 8.68. The summed E-state index contributed by atoms with van der Waals surface area (Å²) < 4.78 is 30.6. The molecule has 4 rings (SSSR count). The van der Waals surface area contributed by atoms with E-state index in [0.29, 0.717) is 29.4 Å². The van der Waals surface area contributed by atoms with E-state index in [1.165, 1.54) is 24.1 Å². The molecular weight excluding hydrogens is 477 g/mol. The minimum atomic E-state index is -0.987. The molecule has 192 valence electrons. The largest absolute Gasteiger partial charge is 0.507 e. The van der Waals surface area contributed by atoms with E-state index >= 15 is 0 Å². The van der Waals surface area contributed by atoms with Gasteiger partial charge < -0.3 is 19.3 Å². The SMILES string of the molecule is CCOc1ccc(N2C(=O)C(=O)/C(=C(/O)c3cc(F)ccc3OC)C2c2ccc(OC(C)C)cc2)cc1. The van der Waals surface area contributed by atoms with E-state index in [-0.39, 0.29) is 23.0 Å². The zero-order valence-electron chi connectivity index (χ0n) is 21.0. The molecule has 0 saturated carbocycles. The number of anilines is 1. The average Bonchev–Trinajstić information content (AvgIpc) is 3.14. The summed E-state index contributed by atoms with van der Waals surface area (Å²) in [6, 6.07) is 16.3. The molecule has 1 atom stereocenters. The Morgan fingerprint density at radius 2 is 1.65 bits per heavy atom. The number of aliphatic hydroxyl groups excluding tert-OH is 1. The highest BCUT2D eigenvalue weighted by Gasteiger charge is 2.47. The number of benzene rings is 3. The number of carbonyl (C=O) groups excluding carboxylic acids is 2. The molecule has 3 aromatic carbocycles. The Labute approximate surface area is 214 Å². The lowest BCUT2D eigenvalue weighted by molar-refractivity contribution is -0.132. The van der Waals surface area contributed by atoms with E-state index < -0.39 is 29.3 Å². The van der Waals surface area contributed by atoms with E-state index in [4.69, 9.17) is 14.2 Å². The van der Waals surface area contributed by atoms with Crippen LogP contribution in [0, 0.1) is 5.82 Å². The van der Waals surface area contributed by atoms with Gasteiger partial charge in [0.15, 0.2) is 0 Å². The van der Waals surface area contributed by atoms with Gasteiger partial charge in [0.1, 0.15) is 28.8 Å². The van der Waals surface area contributed by atoms with Crippen molar-refractivity contribution < 1.29 is 33.3 Å². The molecule has 0 aliphatic carbocycles. The summed E-state index contributed by atoms with van der Waals surface area (Å²) in [5, 5.41) is 11.3. The maximum absolute atomic E-state index is 14.1. The Kier molecular flexibility index (Phi) is 7.47. The zero-order valence-corrected chi connectivity index (χ0v) is 21.0. The third kappa shape index (κ3) is 5.14. The molecule has 0 spiro atoms. The summed E-state index contributed by atoms with van der Waals surface area (Å²) >= 11 is 0. The number of ether oxygens (including phenoxy) is 3. The zero-order chi connectivity index (χ0) is 26.7. The lowest BCUT2D eigenvalue weighted by atomic mass is 9.94. The second kappa shape index (κ2) is 10.7. The molecule has 1 heterocycles. The number of amides is 1. The molecule has 3 aromatic rings. The first-order valence-electron chi connectivity index (χ1n) is 11.9. The molecular formula is C29H28FNO6. The highest BCUT2D eigenvalue weighted by Crippen LogP contribution is 2.44. The van der Waals surface area contributed by atoms with Crippen molar-refractivity contribution in [3.63, 3.8) is 0 Å². The van der Waals surface area contributed by atoms with Gasteiger partial charge in [0.25, 0.3) is 11.7 Å². The fraction of sp³-hybridized carbons (Fsp3) is 0.241. The average molecular weight is 506 g/mol. The minimum absolute atomic E-state index is 0.0306. The van der Waals surface area contributed by atoms with Crippen molar-refractivity contribution in [1.29, 1.82) is 0 Å². The number of halogens is 1. The molecule has 1 N–H and O–H groups in total. The molecule has 1 saturated heterocycles. The van der Waals surface area contributed by atoms with Crippen LogP contribution in [-0.2, 0) is 9.59 Å². The predicted octanol–water partition coefficient (Wildman–Crippen LogP) is 5.65. The van der Waals surface area contributed by atoms with E-state index in [1.54, 1.807) is 48.5 Å². The molecule has 8 heteroatoms. The van der Waals surface area contributed by atoms with Crippen LogP contribution in [0.2, 0.25) is 0 Å². The second-order valence-electron chi connectivity index (χ2n) is 8.68. The van der Waals surface area contributed by atoms with Crippen molar-refractivity contribution in [2.24, 2.45) is 0 Å². The summed E-state index contributed by atoms with van der Waals surface area (Å²) in [4.78, 5) is 28.0. The number of rotatable bonds is 8. The van der Waals surface area contributed by atoms with Gasteiger partial charge in [0.05, 0.1) is 37.0 Å². The Balaban J connectivity index is 1.90. The van der Waals surface area contributed by atoms with Crippen molar-refractivity contribution in [1.82, 2.24) is 0 Å². The third-order valence-electron chi connectivity index (χ3n) is 5.85. The van der Waals surface area contributed by atoms with Crippen LogP contribution in [0.4, 0.5) is 10.1 Å². The van der Waals surface area contributed by atoms with Gasteiger partial charge in [-0.05, 0) is 80.9 Å². The van der Waals surface area contributed by atoms with Crippen LogP contribution in [0.15, 0.2) is 72.3 Å². The van der Waals surface area contributed by atoms with Gasteiger partial charge in [-0.2, -0.15) is 0 Å². The Morgan fingerprint density at radius 3 is 2.24 bits per heavy atom. The fourth-order valence-corrected chi connectivity index (χ4v) is 4.30. The summed E-state index contributed by atoms with van der Waals surface area (Å²) in [5.41, 5.74) is 0.779. The first-order chi connectivity index (χ1) is 17.7. The van der Waals surface area contributed by atoms with Gasteiger partial charge in [-0.3, -0.25) is 14.5 Å². The molecule has 37 heavy (non-hydrogen) atoms. The van der Waals surface area contributed by atoms with E-state index in [9.17, 15) is 19.1 Å². The maximum atomic E-state index is 14.1. The number of nitrogens with zero attached hydrogens (tertiary/aromatic N) is 1. The molecule has 1 amide bonds. The van der Waals surface area contributed by atoms with Crippen LogP contribution in [0.5, 0.6) is 17.2 Å². The standard InChI is InChI=1S/C29H28FNO6/c1-5-36-21-13-9-20(10-14-21)31-26(18-6-11-22(12-7-18)37-17(2)3)25(28(33)29(31)34)27(32)23-16-19(30)8-15-24(23)35-4/h6-17,26,32H,5H2,1-4H3/b27-25+. The van der Waals surface area contributed by atoms with E-state index in [0.717, 1.165) is 6.07 Å². The Morgan fingerprint density at radius 1 is 1.00 bits per heavy atom. The summed E-state index contributed by atoms with van der Waals surface area (Å²) in [5.74, 6) is -1.50. The highest BCUT2D eigenvalue weighted by molar-refractivity contribution is 6.51. The van der Waals surface area contributed by atoms with Crippen LogP contribution in [0.25, 0.3) is 5.76 Å². The Bertz CT molecular complexity index is 1330. The predicted molar refractivity (Wildman–Crippen MR) is 138 cm³/mol. The van der Waals surface area contributed by atoms with Gasteiger partial charge in [-0.15, -0.1) is 0 Å². The molecule has 0 radical (unpaired) electrons. The van der Waals surface area contributed by atoms with Gasteiger partial charge in [0.2, 0.25) is 0 Å². The quantitative estimate of drug-likeness (QED) is 0.242. The number of methoxy groups -OCH3 is 1. The number of ketones is 1. The monoisotopic (exact) mass is 505 g/mol. The molecule has 0 bridgehead atoms. The van der Waals surface area contributed by atoms with Gasteiger partial charge in [-0.1, -0.05) is 12.1 Å². The number of hydrogen-bond acceptors (Lipinski definition) is 6. The van der Waals surface area contributed by atoms with Gasteiger partial charge in [-0.25, -0.2) is 4.39 Å². The highest BCUT2D eigenvalue weighted by atomic mass is 19.1. The third-order valence-corrected chi connectivity index (χ3v) is 5.85. The van der Waals surface area contributed by atoms with Crippen LogP contribution in [0.3, 0.4) is 0 Å². The van der Waals surface area contributed by atoms with Crippen LogP contribution < -0.4 is 19.1 Å². The van der Waals surface area contributed by atoms with Gasteiger partial charge >= 0.3 is 0 Å². The van der Waals surface area contributed by atoms with Crippen molar-refractivity contribution in [3.8, 4) is 17.2 Å². The smallest absolute Gasteiger partial charge is 0.300 e. The minimum Gasteiger partial charge on any atom is -0.507 e. The molecule has 0 aromatic heterocycles. The lowest BCUT2D eigenvalue weighted by Crippen LogP contribution is -2.29. The lowest BCUT2D eigenvalue weighted by Gasteiger charge is -2.26.